The zero-order valence-corrected chi connectivity index (χ0v) is 49.3. The minimum absolute atomic E-state index is 0.134. The molecule has 9 heteroatoms. The van der Waals surface area contributed by atoms with Gasteiger partial charge in [-0.2, -0.15) is 0 Å². The van der Waals surface area contributed by atoms with Crippen LogP contribution in [0, 0.1) is 0 Å². The van der Waals surface area contributed by atoms with E-state index < -0.39 is 24.3 Å². The van der Waals surface area contributed by atoms with Gasteiger partial charge in [0.15, 0.2) is 12.4 Å². The lowest BCUT2D eigenvalue weighted by Gasteiger charge is -2.26. The Labute approximate surface area is 471 Å². The van der Waals surface area contributed by atoms with Crippen LogP contribution in [0.2, 0.25) is 0 Å². The number of esters is 2. The van der Waals surface area contributed by atoms with Crippen LogP contribution in [0.3, 0.4) is 0 Å². The Morgan fingerprint density at radius 1 is 0.390 bits per heavy atom. The van der Waals surface area contributed by atoms with Gasteiger partial charge in [0.2, 0.25) is 0 Å². The van der Waals surface area contributed by atoms with Crippen molar-refractivity contribution in [3.63, 3.8) is 0 Å². The van der Waals surface area contributed by atoms with E-state index in [1.54, 1.807) is 0 Å². The number of quaternary nitrogens is 1. The Morgan fingerprint density at radius 2 is 0.701 bits per heavy atom. The number of likely N-dealkylation sites (N-methyl/N-ethyl adjacent to an activating group) is 1. The molecule has 0 radical (unpaired) electrons. The summed E-state index contributed by atoms with van der Waals surface area (Å²) in [6.45, 7) is 4.47. The number of carbonyl (C=O) groups is 3. The van der Waals surface area contributed by atoms with Crippen LogP contribution in [0.15, 0.2) is 146 Å². The average molecular weight is 1070 g/mol. The van der Waals surface area contributed by atoms with Crippen LogP contribution in [0.4, 0.5) is 0 Å². The first-order valence-corrected chi connectivity index (χ1v) is 30.0. The molecule has 0 N–H and O–H groups in total. The van der Waals surface area contributed by atoms with Gasteiger partial charge in [0, 0.05) is 12.8 Å². The van der Waals surface area contributed by atoms with Crippen molar-refractivity contribution in [3.8, 4) is 0 Å². The first-order valence-electron chi connectivity index (χ1n) is 30.0. The zero-order valence-electron chi connectivity index (χ0n) is 49.3. The molecule has 0 aliphatic rings. The van der Waals surface area contributed by atoms with E-state index in [2.05, 4.69) is 160 Å². The molecule has 0 amide bonds. The van der Waals surface area contributed by atoms with Crippen LogP contribution >= 0.6 is 0 Å². The number of hydrogen-bond acceptors (Lipinski definition) is 8. The fraction of sp³-hybridized carbons (Fsp3) is 0.603. The topological polar surface area (TPSA) is 111 Å². The molecule has 2 unspecified atom stereocenters. The monoisotopic (exact) mass is 1070 g/mol. The van der Waals surface area contributed by atoms with Gasteiger partial charge in [0.05, 0.1) is 40.3 Å². The van der Waals surface area contributed by atoms with Gasteiger partial charge in [-0.1, -0.05) is 224 Å². The lowest BCUT2D eigenvalue weighted by atomic mass is 10.1. The number of rotatable bonds is 53. The van der Waals surface area contributed by atoms with Crippen LogP contribution in [-0.2, 0) is 33.3 Å². The Morgan fingerprint density at radius 3 is 1.04 bits per heavy atom. The predicted octanol–water partition coefficient (Wildman–Crippen LogP) is 16.7. The minimum atomic E-state index is -1.64. The fourth-order valence-electron chi connectivity index (χ4n) is 7.54. The molecule has 77 heavy (non-hydrogen) atoms. The van der Waals surface area contributed by atoms with Crippen molar-refractivity contribution in [2.75, 3.05) is 47.5 Å². The summed E-state index contributed by atoms with van der Waals surface area (Å²) < 4.78 is 22.7. The summed E-state index contributed by atoms with van der Waals surface area (Å²) in [5.41, 5.74) is 0. The summed E-state index contributed by atoms with van der Waals surface area (Å²) in [5.74, 6) is -2.33. The maximum Gasteiger partial charge on any atom is 0.306 e. The number of carbonyl (C=O) groups excluding carboxylic acids is 3. The average Bonchev–Trinajstić information content (AvgIpc) is 3.40. The Bertz CT molecular complexity index is 1770. The smallest absolute Gasteiger partial charge is 0.306 e. The minimum Gasteiger partial charge on any atom is -0.545 e. The largest absolute Gasteiger partial charge is 0.545 e. The predicted molar refractivity (Wildman–Crippen MR) is 324 cm³/mol. The van der Waals surface area contributed by atoms with E-state index >= 15 is 0 Å². The van der Waals surface area contributed by atoms with E-state index in [0.717, 1.165) is 135 Å². The molecule has 2 atom stereocenters. The first-order chi connectivity index (χ1) is 37.6. The number of allylic oxidation sites excluding steroid dienone is 24. The highest BCUT2D eigenvalue weighted by Gasteiger charge is 2.22. The van der Waals surface area contributed by atoms with Crippen LogP contribution in [0.5, 0.6) is 0 Å². The van der Waals surface area contributed by atoms with Crippen molar-refractivity contribution >= 4 is 17.9 Å². The van der Waals surface area contributed by atoms with Gasteiger partial charge in [0.25, 0.3) is 0 Å². The summed E-state index contributed by atoms with van der Waals surface area (Å²) >= 11 is 0. The summed E-state index contributed by atoms with van der Waals surface area (Å²) in [5, 5.41) is 11.8. The second-order valence-corrected chi connectivity index (χ2v) is 20.5. The van der Waals surface area contributed by atoms with Crippen molar-refractivity contribution in [2.24, 2.45) is 0 Å². The second-order valence-electron chi connectivity index (χ2n) is 20.5. The van der Waals surface area contributed by atoms with E-state index in [9.17, 15) is 19.5 Å². The molecule has 0 aliphatic carbocycles. The molecule has 434 valence electrons. The number of hydrogen-bond donors (Lipinski definition) is 0. The van der Waals surface area contributed by atoms with Crippen LogP contribution in [-0.4, -0.2) is 82.3 Å². The van der Waals surface area contributed by atoms with E-state index in [-0.39, 0.29) is 38.6 Å². The van der Waals surface area contributed by atoms with E-state index in [1.165, 1.54) is 32.1 Å². The summed E-state index contributed by atoms with van der Waals surface area (Å²) in [6.07, 6.45) is 80.3. The highest BCUT2D eigenvalue weighted by molar-refractivity contribution is 5.70. The molecule has 0 bridgehead atoms. The van der Waals surface area contributed by atoms with E-state index in [1.807, 2.05) is 21.1 Å². The van der Waals surface area contributed by atoms with Gasteiger partial charge in [-0.15, -0.1) is 0 Å². The van der Waals surface area contributed by atoms with E-state index in [4.69, 9.17) is 18.9 Å². The number of aliphatic carboxylic acids is 1. The van der Waals surface area contributed by atoms with Gasteiger partial charge in [0.1, 0.15) is 13.2 Å². The van der Waals surface area contributed by atoms with Crippen LogP contribution < -0.4 is 5.11 Å². The third kappa shape index (κ3) is 58.7. The molecule has 0 rings (SSSR count). The third-order valence-corrected chi connectivity index (χ3v) is 12.1. The summed E-state index contributed by atoms with van der Waals surface area (Å²) in [7, 11) is 5.90. The Kier molecular flexibility index (Phi) is 53.8. The van der Waals surface area contributed by atoms with Crippen molar-refractivity contribution in [1.82, 2.24) is 0 Å². The van der Waals surface area contributed by atoms with Gasteiger partial charge in [-0.05, 0) is 116 Å². The van der Waals surface area contributed by atoms with Crippen molar-refractivity contribution < 1.29 is 42.9 Å². The van der Waals surface area contributed by atoms with Crippen molar-refractivity contribution in [1.29, 1.82) is 0 Å². The molecule has 9 nitrogen and oxygen atoms in total. The molecule has 0 aliphatic heterocycles. The molecule has 0 aromatic carbocycles. The highest BCUT2D eigenvalue weighted by Crippen LogP contribution is 2.14. The number of carboxylic acids is 1. The summed E-state index contributed by atoms with van der Waals surface area (Å²) in [4.78, 5) is 37.3. The van der Waals surface area contributed by atoms with Crippen molar-refractivity contribution in [3.05, 3.63) is 146 Å². The molecule has 0 aromatic rings. The standard InChI is InChI=1S/C68H109NO8/c1-6-8-10-12-14-16-18-20-22-24-26-28-29-30-31-32-33-34-35-36-37-39-41-43-45-47-49-51-53-55-57-59-66(71)77-64(63-76-68(67(72)73)74-61-60-69(3,4)5)62-75-65(70)58-56-54-52-50-48-46-44-42-40-38-27-25-23-21-19-17-15-13-11-9-7-2/h8-11,14-17,20-23,26-28,30-31,33-34,36-38,42,44,64,68H,6-7,12-13,18-19,24-25,29,32,35,39-41,43,45-63H2,1-5H3/b10-8-,11-9-,16-14-,17-15-,22-20-,23-21-,28-26-,31-30-,34-33-,37-36-,38-27-,44-42-. The number of ether oxygens (including phenoxy) is 4. The third-order valence-electron chi connectivity index (χ3n) is 12.1. The Balaban J connectivity index is 4.31. The molecular weight excluding hydrogens is 959 g/mol. The van der Waals surface area contributed by atoms with Gasteiger partial charge < -0.3 is 33.3 Å². The molecule has 0 saturated carbocycles. The Hall–Kier alpha value is -4.83. The van der Waals surface area contributed by atoms with Gasteiger partial charge in [-0.3, -0.25) is 9.59 Å². The van der Waals surface area contributed by atoms with Crippen molar-refractivity contribution in [2.45, 2.75) is 219 Å². The number of unbranched alkanes of at least 4 members (excludes halogenated alkanes) is 14. The van der Waals surface area contributed by atoms with Crippen LogP contribution in [0.25, 0.3) is 0 Å². The second kappa shape index (κ2) is 57.3. The molecule has 0 heterocycles. The lowest BCUT2D eigenvalue weighted by molar-refractivity contribution is -0.870. The molecule has 0 fully saturated rings. The lowest BCUT2D eigenvalue weighted by Crippen LogP contribution is -2.44. The maximum atomic E-state index is 12.9. The fourth-order valence-corrected chi connectivity index (χ4v) is 7.54. The van der Waals surface area contributed by atoms with Gasteiger partial charge >= 0.3 is 11.9 Å². The van der Waals surface area contributed by atoms with Gasteiger partial charge in [-0.25, -0.2) is 0 Å². The normalized spacial score (nSPS) is 13.8. The quantitative estimate of drug-likeness (QED) is 0.0195. The first kappa shape index (κ1) is 72.2. The maximum absolute atomic E-state index is 12.9. The SMILES string of the molecule is CC/C=C\C/C=C\C/C=C\C/C=C\C/C=C\C/C=C\C/C=C\CCCCCCCCCCCC(=O)OC(COC(=O)CCCCCCC/C=C\C/C=C\C/C=C\C/C=C\C/C=C\CC)COC(OCC[N+](C)(C)C)C(=O)[O-]. The summed E-state index contributed by atoms with van der Waals surface area (Å²) in [6, 6.07) is 0. The van der Waals surface area contributed by atoms with Crippen LogP contribution in [0.1, 0.15) is 206 Å². The molecule has 0 saturated heterocycles. The molecule has 0 aromatic heterocycles. The zero-order chi connectivity index (χ0) is 56.2. The van der Waals surface area contributed by atoms with E-state index in [0.29, 0.717) is 23.9 Å². The number of nitrogens with zero attached hydrogens (tertiary/aromatic N) is 1. The molecule has 0 spiro atoms. The number of carboxylic acid groups (broad SMARTS) is 1. The highest BCUT2D eigenvalue weighted by atomic mass is 16.7. The molecular formula is C68H109NO8.